The van der Waals surface area contributed by atoms with E-state index < -0.39 is 95.6 Å². The maximum Gasteiger partial charge on any atom is 0.481 e. The number of nitrogens with one attached hydrogen (secondary N) is 2. The number of carbonyl (C=O) groups excluding carboxylic acids is 4. The highest BCUT2D eigenvalue weighted by atomic mass is 31.3. The Balaban J connectivity index is 1.13. The van der Waals surface area contributed by atoms with Crippen LogP contribution in [0.2, 0.25) is 0 Å². The zero-order chi connectivity index (χ0) is 55.1. The molecule has 1 aliphatic rings. The second-order valence-electron chi connectivity index (χ2n) is 20.0. The molecule has 416 valence electrons. The number of ether oxygens (including phenoxy) is 2. The molecular weight excluding hydrogens is 1040 g/mol. The third-order valence-electron chi connectivity index (χ3n) is 12.5. The third-order valence-corrected chi connectivity index (χ3v) is 15.6. The smallest absolute Gasteiger partial charge is 0.462 e. The number of aliphatic hydroxyl groups excluding tert-OH is 2. The highest BCUT2D eigenvalue weighted by Gasteiger charge is 2.50. The number of aromatic nitrogens is 4. The van der Waals surface area contributed by atoms with Crippen LogP contribution in [0.4, 0.5) is 5.82 Å². The Morgan fingerprint density at radius 3 is 2.08 bits per heavy atom. The van der Waals surface area contributed by atoms with Gasteiger partial charge in [-0.15, -0.1) is 0 Å². The summed E-state index contributed by atoms with van der Waals surface area (Å²) in [5.74, 6) is -1.51. The van der Waals surface area contributed by atoms with Crippen molar-refractivity contribution in [3.05, 3.63) is 48.0 Å². The largest absolute Gasteiger partial charge is 0.481 e. The average molecular weight is 1110 g/mol. The van der Waals surface area contributed by atoms with Gasteiger partial charge < -0.3 is 55.6 Å². The number of amides is 2. The molecule has 74 heavy (non-hydrogen) atoms. The fourth-order valence-electron chi connectivity index (χ4n) is 8.07. The second kappa shape index (κ2) is 27.3. The summed E-state index contributed by atoms with van der Waals surface area (Å²) in [4.78, 5) is 100. The molecule has 3 heterocycles. The number of Topliss-reactive ketones (excluding diaryl/α,β-unsaturated/α-hetero) is 1. The van der Waals surface area contributed by atoms with Crippen LogP contribution in [0, 0.1) is 10.8 Å². The fraction of sp³-hybridized carbons (Fsp3) is 0.667. The summed E-state index contributed by atoms with van der Waals surface area (Å²) in [7, 11) is -16.5. The SMILES string of the molecule is CC(C)(CCCCCc1ccccc1CCCCCC(C)(C)C(=O)CCNC(=O)CCNC(=O)C(O)C(C)(C)COP(=O)(O)OP(=O)(O)OCC1OC(n2cnc3c(N)ncnc32)C(O)C1OP(=O)(O)O)OC=O. The van der Waals surface area contributed by atoms with Crippen molar-refractivity contribution in [1.82, 2.24) is 30.2 Å². The maximum atomic E-state index is 13.1. The number of nitrogens with two attached hydrogens (primary N) is 1. The minimum absolute atomic E-state index is 0.00134. The lowest BCUT2D eigenvalue weighted by molar-refractivity contribution is -0.141. The summed E-state index contributed by atoms with van der Waals surface area (Å²) < 4.78 is 67.8. The molecule has 10 N–H and O–H groups in total. The molecule has 1 saturated heterocycles. The van der Waals surface area contributed by atoms with Crippen LogP contribution in [0.5, 0.6) is 0 Å². The van der Waals surface area contributed by atoms with Crippen LogP contribution in [-0.2, 0) is 73.1 Å². The van der Waals surface area contributed by atoms with Crippen LogP contribution in [0.25, 0.3) is 11.2 Å². The van der Waals surface area contributed by atoms with Crippen LogP contribution >= 0.6 is 23.5 Å². The number of carbonyl (C=O) groups is 4. The minimum atomic E-state index is -5.60. The van der Waals surface area contributed by atoms with Gasteiger partial charge in [0.25, 0.3) is 6.47 Å². The van der Waals surface area contributed by atoms with E-state index in [1.807, 2.05) is 27.7 Å². The Morgan fingerprint density at radius 1 is 0.851 bits per heavy atom. The Hall–Kier alpha value is -4.10. The number of nitrogen functional groups attached to an aromatic ring is 1. The molecule has 2 aromatic heterocycles. The van der Waals surface area contributed by atoms with Crippen LogP contribution in [0.15, 0.2) is 36.9 Å². The molecule has 1 aromatic carbocycles. The van der Waals surface area contributed by atoms with Crippen molar-refractivity contribution < 1.29 is 90.0 Å². The van der Waals surface area contributed by atoms with Gasteiger partial charge in [-0.25, -0.2) is 28.6 Å². The molecule has 7 unspecified atom stereocenters. The van der Waals surface area contributed by atoms with Crippen molar-refractivity contribution in [3.63, 3.8) is 0 Å². The van der Waals surface area contributed by atoms with Gasteiger partial charge >= 0.3 is 23.5 Å². The molecule has 26 nitrogen and oxygen atoms in total. The molecule has 4 rings (SSSR count). The summed E-state index contributed by atoms with van der Waals surface area (Å²) in [6.07, 6.45) is 2.40. The first-order valence-corrected chi connectivity index (χ1v) is 28.6. The van der Waals surface area contributed by atoms with E-state index in [4.69, 9.17) is 24.3 Å². The summed E-state index contributed by atoms with van der Waals surface area (Å²) in [5, 5.41) is 26.7. The number of imidazole rings is 1. The van der Waals surface area contributed by atoms with Gasteiger partial charge in [0.15, 0.2) is 17.7 Å². The average Bonchev–Trinajstić information content (AvgIpc) is 3.87. The van der Waals surface area contributed by atoms with E-state index in [9.17, 15) is 62.7 Å². The monoisotopic (exact) mass is 1110 g/mol. The van der Waals surface area contributed by atoms with Gasteiger partial charge in [0, 0.05) is 36.8 Å². The quantitative estimate of drug-likeness (QED) is 0.0229. The third kappa shape index (κ3) is 19.8. The summed E-state index contributed by atoms with van der Waals surface area (Å²) in [5.41, 5.74) is 5.88. The summed E-state index contributed by atoms with van der Waals surface area (Å²) in [6, 6.07) is 8.46. The van der Waals surface area contributed by atoms with E-state index in [0.29, 0.717) is 12.9 Å². The number of aliphatic hydroxyl groups is 2. The van der Waals surface area contributed by atoms with Crippen LogP contribution < -0.4 is 16.4 Å². The predicted octanol–water partition coefficient (Wildman–Crippen LogP) is 4.25. The molecule has 1 aliphatic heterocycles. The summed E-state index contributed by atoms with van der Waals surface area (Å²) in [6.45, 7) is 8.44. The van der Waals surface area contributed by atoms with Crippen LogP contribution in [-0.4, -0.2) is 130 Å². The number of benzene rings is 1. The van der Waals surface area contributed by atoms with Crippen LogP contribution in [0.1, 0.15) is 123 Å². The molecule has 0 bridgehead atoms. The number of hydrogen-bond acceptors (Lipinski definition) is 19. The molecule has 29 heteroatoms. The summed E-state index contributed by atoms with van der Waals surface area (Å²) >= 11 is 0. The number of phosphoric ester groups is 3. The van der Waals surface area contributed by atoms with E-state index in [2.05, 4.69) is 58.7 Å². The van der Waals surface area contributed by atoms with Crippen LogP contribution in [0.3, 0.4) is 0 Å². The number of aryl methyl sites for hydroxylation is 2. The van der Waals surface area contributed by atoms with Gasteiger partial charge in [0.2, 0.25) is 11.8 Å². The first-order chi connectivity index (χ1) is 34.5. The van der Waals surface area contributed by atoms with Gasteiger partial charge in [-0.3, -0.25) is 37.3 Å². The predicted molar refractivity (Wildman–Crippen MR) is 265 cm³/mol. The Labute approximate surface area is 429 Å². The van der Waals surface area contributed by atoms with E-state index in [1.165, 1.54) is 25.0 Å². The lowest BCUT2D eigenvalue weighted by Gasteiger charge is -2.30. The van der Waals surface area contributed by atoms with E-state index in [-0.39, 0.29) is 48.7 Å². The van der Waals surface area contributed by atoms with E-state index in [0.717, 1.165) is 75.0 Å². The lowest BCUT2D eigenvalue weighted by atomic mass is 9.81. The molecule has 0 spiro atoms. The molecule has 7 atom stereocenters. The number of rotatable bonds is 34. The van der Waals surface area contributed by atoms with Crippen molar-refractivity contribution in [2.45, 2.75) is 155 Å². The molecule has 0 radical (unpaired) electrons. The molecule has 0 aliphatic carbocycles. The molecular formula is C45H72N7O19P3. The highest BCUT2D eigenvalue weighted by molar-refractivity contribution is 7.61. The zero-order valence-electron chi connectivity index (χ0n) is 42.4. The number of unbranched alkanes of at least 4 members (excludes halogenated alkanes) is 4. The van der Waals surface area contributed by atoms with Crippen molar-refractivity contribution in [2.24, 2.45) is 10.8 Å². The van der Waals surface area contributed by atoms with Crippen molar-refractivity contribution in [3.8, 4) is 0 Å². The number of phosphoric acid groups is 3. The first kappa shape index (κ1) is 62.4. The number of ketones is 1. The number of fused-ring (bicyclic) bond motifs is 1. The van der Waals surface area contributed by atoms with Crippen molar-refractivity contribution >= 4 is 64.5 Å². The van der Waals surface area contributed by atoms with Crippen molar-refractivity contribution in [2.75, 3.05) is 32.0 Å². The fourth-order valence-corrected chi connectivity index (χ4v) is 10.9. The van der Waals surface area contributed by atoms with Gasteiger partial charge in [0.05, 0.1) is 19.5 Å². The Morgan fingerprint density at radius 2 is 1.46 bits per heavy atom. The number of anilines is 1. The van der Waals surface area contributed by atoms with E-state index in [1.54, 1.807) is 0 Å². The molecule has 1 fully saturated rings. The standard InChI is InChI=1S/C45H72N7O19P3/c1-43(2,21-13-7-9-15-30-17-11-12-18-31(30)16-10-8-14-22-45(5,6)66-29-53)33(54)19-23-47-34(55)20-24-48-41(58)38(57)44(3,4)26-68-74(64,65)71-73(62,63)67-25-32-37(70-72(59,60)61)36(56)42(69-32)52-28-51-35-39(46)49-27-50-40(35)52/h11-12,17-18,27-29,32,36-38,42,56-57H,7-10,13-16,19-26H2,1-6H3,(H,47,55)(H,48,58)(H,62,63)(H,64,65)(H2,46,49,50)(H2,59,60,61). The molecule has 0 saturated carbocycles. The normalized spacial score (nSPS) is 19.6. The number of nitrogens with zero attached hydrogens (tertiary/aromatic N) is 4. The van der Waals surface area contributed by atoms with Gasteiger partial charge in [-0.2, -0.15) is 4.31 Å². The Bertz CT molecular complexity index is 2510. The zero-order valence-corrected chi connectivity index (χ0v) is 45.1. The number of hydrogen-bond donors (Lipinski definition) is 9. The first-order valence-electron chi connectivity index (χ1n) is 24.1. The van der Waals surface area contributed by atoms with Gasteiger partial charge in [-0.1, -0.05) is 71.2 Å². The van der Waals surface area contributed by atoms with Gasteiger partial charge in [-0.05, 0) is 69.9 Å². The minimum Gasteiger partial charge on any atom is -0.462 e. The van der Waals surface area contributed by atoms with E-state index >= 15 is 0 Å². The van der Waals surface area contributed by atoms with Crippen molar-refractivity contribution in [1.29, 1.82) is 0 Å². The maximum absolute atomic E-state index is 13.1. The molecule has 3 aromatic rings. The van der Waals surface area contributed by atoms with Gasteiger partial charge in [0.1, 0.15) is 47.6 Å². The second-order valence-corrected chi connectivity index (χ2v) is 24.2. The molecule has 2 amide bonds. The Kier molecular flexibility index (Phi) is 23.0. The lowest BCUT2D eigenvalue weighted by Crippen LogP contribution is -2.46. The topological polar surface area (TPSA) is 390 Å². The highest BCUT2D eigenvalue weighted by Crippen LogP contribution is 2.61.